The zero-order chi connectivity index (χ0) is 13.4. The Morgan fingerprint density at radius 2 is 2.11 bits per heavy atom. The molecular weight excluding hydrogens is 293 g/mol. The van der Waals surface area contributed by atoms with Crippen molar-refractivity contribution >= 4 is 40.5 Å². The molecule has 2 N–H and O–H groups in total. The Morgan fingerprint density at radius 3 is 2.50 bits per heavy atom. The second kappa shape index (κ2) is 5.37. The quantitative estimate of drug-likeness (QED) is 0.868. The van der Waals surface area contributed by atoms with E-state index in [1.54, 1.807) is 0 Å². The van der Waals surface area contributed by atoms with Crippen LogP contribution in [-0.4, -0.2) is 17.1 Å². The van der Waals surface area contributed by atoms with E-state index in [-0.39, 0.29) is 12.0 Å². The van der Waals surface area contributed by atoms with Crippen molar-refractivity contribution in [3.8, 4) is 0 Å². The summed E-state index contributed by atoms with van der Waals surface area (Å²) in [6, 6.07) is -0.527. The molecule has 100 valence electrons. The molecule has 2 rings (SSSR count). The number of carboxylic acids is 1. The average Bonchev–Trinajstić information content (AvgIpc) is 3.10. The second-order valence-corrected chi connectivity index (χ2v) is 6.75. The maximum absolute atomic E-state index is 11.2. The van der Waals surface area contributed by atoms with Crippen LogP contribution in [0.15, 0.2) is 0 Å². The van der Waals surface area contributed by atoms with Crippen molar-refractivity contribution in [2.24, 2.45) is 5.92 Å². The van der Waals surface area contributed by atoms with Gasteiger partial charge in [-0.3, -0.25) is 10.1 Å². The van der Waals surface area contributed by atoms with Gasteiger partial charge in [0.05, 0.1) is 5.02 Å². The molecule has 0 aromatic carbocycles. The van der Waals surface area contributed by atoms with Crippen LogP contribution in [0, 0.1) is 12.8 Å². The minimum absolute atomic E-state index is 0.0540. The molecule has 6 heteroatoms. The van der Waals surface area contributed by atoms with Gasteiger partial charge in [0.1, 0.15) is 10.4 Å². The number of hydrogen-bond donors (Lipinski definition) is 2. The lowest BCUT2D eigenvalue weighted by Crippen LogP contribution is -2.39. The SMILES string of the molecule is Cc1c(C(C)NC(C(=O)O)C2CC2)sc(Cl)c1Cl. The number of hydrogen-bond acceptors (Lipinski definition) is 3. The van der Waals surface area contributed by atoms with Gasteiger partial charge in [0.15, 0.2) is 0 Å². The number of thiophene rings is 1. The zero-order valence-electron chi connectivity index (χ0n) is 10.2. The smallest absolute Gasteiger partial charge is 0.321 e. The first-order valence-corrected chi connectivity index (χ1v) is 7.42. The highest BCUT2D eigenvalue weighted by molar-refractivity contribution is 7.17. The molecular formula is C12H15Cl2NO2S. The van der Waals surface area contributed by atoms with E-state index in [2.05, 4.69) is 5.32 Å². The Morgan fingerprint density at radius 1 is 1.50 bits per heavy atom. The molecule has 1 aliphatic rings. The first kappa shape index (κ1) is 14.1. The topological polar surface area (TPSA) is 49.3 Å². The molecule has 1 aliphatic carbocycles. The van der Waals surface area contributed by atoms with Gasteiger partial charge in [-0.1, -0.05) is 23.2 Å². The van der Waals surface area contributed by atoms with E-state index in [1.165, 1.54) is 11.3 Å². The van der Waals surface area contributed by atoms with E-state index in [1.807, 2.05) is 13.8 Å². The van der Waals surface area contributed by atoms with Gasteiger partial charge < -0.3 is 5.11 Å². The number of halogens is 2. The first-order chi connectivity index (χ1) is 8.41. The van der Waals surface area contributed by atoms with Crippen LogP contribution in [0.25, 0.3) is 0 Å². The van der Waals surface area contributed by atoms with Gasteiger partial charge in [0.25, 0.3) is 0 Å². The van der Waals surface area contributed by atoms with Crippen LogP contribution in [-0.2, 0) is 4.79 Å². The molecule has 0 spiro atoms. The summed E-state index contributed by atoms with van der Waals surface area (Å²) in [6.07, 6.45) is 1.98. The molecule has 2 atom stereocenters. The van der Waals surface area contributed by atoms with Crippen molar-refractivity contribution in [3.05, 3.63) is 19.8 Å². The fourth-order valence-electron chi connectivity index (χ4n) is 2.07. The number of carbonyl (C=O) groups is 1. The normalized spacial score (nSPS) is 18.7. The maximum Gasteiger partial charge on any atom is 0.321 e. The van der Waals surface area contributed by atoms with Crippen LogP contribution in [0.1, 0.15) is 36.2 Å². The summed E-state index contributed by atoms with van der Waals surface area (Å²) in [6.45, 7) is 3.86. The Labute approximate surface area is 120 Å². The van der Waals surface area contributed by atoms with E-state index in [0.29, 0.717) is 9.36 Å². The lowest BCUT2D eigenvalue weighted by Gasteiger charge is -2.19. The third-order valence-electron chi connectivity index (χ3n) is 3.25. The average molecular weight is 308 g/mol. The Balaban J connectivity index is 2.13. The largest absolute Gasteiger partial charge is 0.480 e. The standard InChI is InChI=1S/C12H15Cl2NO2S/c1-5-8(13)11(14)18-10(5)6(2)15-9(12(16)17)7-3-4-7/h6-7,9,15H,3-4H2,1-2H3,(H,16,17). The lowest BCUT2D eigenvalue weighted by atomic mass is 10.1. The molecule has 1 heterocycles. The van der Waals surface area contributed by atoms with E-state index >= 15 is 0 Å². The molecule has 3 nitrogen and oxygen atoms in total. The van der Waals surface area contributed by atoms with E-state index in [0.717, 1.165) is 23.3 Å². The second-order valence-electron chi connectivity index (χ2n) is 4.72. The Hall–Kier alpha value is -0.290. The molecule has 0 bridgehead atoms. The van der Waals surface area contributed by atoms with Gasteiger partial charge in [0.2, 0.25) is 0 Å². The van der Waals surface area contributed by atoms with Crippen LogP contribution >= 0.6 is 34.5 Å². The van der Waals surface area contributed by atoms with Crippen LogP contribution in [0.5, 0.6) is 0 Å². The van der Waals surface area contributed by atoms with Crippen molar-refractivity contribution in [1.29, 1.82) is 0 Å². The van der Waals surface area contributed by atoms with Gasteiger partial charge in [-0.05, 0) is 38.2 Å². The number of carboxylic acid groups (broad SMARTS) is 1. The molecule has 0 radical (unpaired) electrons. The molecule has 1 fully saturated rings. The van der Waals surface area contributed by atoms with Crippen molar-refractivity contribution in [3.63, 3.8) is 0 Å². The number of aliphatic carboxylic acids is 1. The van der Waals surface area contributed by atoms with Gasteiger partial charge >= 0.3 is 5.97 Å². The highest BCUT2D eigenvalue weighted by Gasteiger charge is 2.37. The predicted octanol–water partition coefficient (Wildman–Crippen LogP) is 3.88. The summed E-state index contributed by atoms with van der Waals surface area (Å²) < 4.78 is 0.566. The molecule has 0 amide bonds. The van der Waals surface area contributed by atoms with E-state index in [9.17, 15) is 9.90 Å². The Bertz CT molecular complexity index is 471. The summed E-state index contributed by atoms with van der Waals surface area (Å²) in [5.74, 6) is -0.521. The number of nitrogens with one attached hydrogen (secondary N) is 1. The lowest BCUT2D eigenvalue weighted by molar-refractivity contribution is -0.140. The molecule has 1 aromatic rings. The van der Waals surface area contributed by atoms with Crippen molar-refractivity contribution in [1.82, 2.24) is 5.32 Å². The monoisotopic (exact) mass is 307 g/mol. The fraction of sp³-hybridized carbons (Fsp3) is 0.583. The van der Waals surface area contributed by atoms with Crippen molar-refractivity contribution in [2.45, 2.75) is 38.8 Å². The van der Waals surface area contributed by atoms with Crippen LogP contribution < -0.4 is 5.32 Å². The molecule has 1 saturated carbocycles. The van der Waals surface area contributed by atoms with Crippen LogP contribution in [0.4, 0.5) is 0 Å². The van der Waals surface area contributed by atoms with Gasteiger partial charge in [-0.15, -0.1) is 11.3 Å². The highest BCUT2D eigenvalue weighted by Crippen LogP contribution is 2.40. The van der Waals surface area contributed by atoms with Gasteiger partial charge in [-0.2, -0.15) is 0 Å². The predicted molar refractivity (Wildman–Crippen MR) is 74.8 cm³/mol. The van der Waals surface area contributed by atoms with Gasteiger partial charge in [0, 0.05) is 10.9 Å². The number of rotatable bonds is 5. The zero-order valence-corrected chi connectivity index (χ0v) is 12.5. The summed E-state index contributed by atoms with van der Waals surface area (Å²) in [5, 5.41) is 12.9. The Kier molecular flexibility index (Phi) is 4.22. The van der Waals surface area contributed by atoms with Crippen molar-refractivity contribution < 1.29 is 9.90 Å². The third-order valence-corrected chi connectivity index (χ3v) is 5.62. The maximum atomic E-state index is 11.2. The summed E-state index contributed by atoms with van der Waals surface area (Å²) in [5.41, 5.74) is 0.937. The summed E-state index contributed by atoms with van der Waals surface area (Å²) in [7, 11) is 0. The summed E-state index contributed by atoms with van der Waals surface area (Å²) in [4.78, 5) is 12.2. The molecule has 18 heavy (non-hydrogen) atoms. The van der Waals surface area contributed by atoms with Gasteiger partial charge in [-0.25, -0.2) is 0 Å². The third kappa shape index (κ3) is 2.82. The highest BCUT2D eigenvalue weighted by atomic mass is 35.5. The first-order valence-electron chi connectivity index (χ1n) is 5.85. The molecule has 1 aromatic heterocycles. The van der Waals surface area contributed by atoms with E-state index in [4.69, 9.17) is 23.2 Å². The van der Waals surface area contributed by atoms with Crippen LogP contribution in [0.2, 0.25) is 9.36 Å². The molecule has 2 unspecified atom stereocenters. The molecule has 0 saturated heterocycles. The fourth-order valence-corrected chi connectivity index (χ4v) is 3.67. The minimum Gasteiger partial charge on any atom is -0.480 e. The van der Waals surface area contributed by atoms with E-state index < -0.39 is 12.0 Å². The van der Waals surface area contributed by atoms with Crippen molar-refractivity contribution in [2.75, 3.05) is 0 Å². The van der Waals surface area contributed by atoms with Crippen LogP contribution in [0.3, 0.4) is 0 Å². The minimum atomic E-state index is -0.782. The summed E-state index contributed by atoms with van der Waals surface area (Å²) >= 11 is 13.5. The molecule has 0 aliphatic heterocycles.